The Kier molecular flexibility index (Phi) is 4.27. The highest BCUT2D eigenvalue weighted by molar-refractivity contribution is 5.86. The summed E-state index contributed by atoms with van der Waals surface area (Å²) in [5.74, 6) is 0.459. The smallest absolute Gasteiger partial charge is 0.283 e. The number of benzene rings is 1. The van der Waals surface area contributed by atoms with E-state index >= 15 is 0 Å². The van der Waals surface area contributed by atoms with Gasteiger partial charge in [0.1, 0.15) is 6.61 Å². The first-order valence-corrected chi connectivity index (χ1v) is 7.37. The summed E-state index contributed by atoms with van der Waals surface area (Å²) in [6.45, 7) is 0.116. The lowest BCUT2D eigenvalue weighted by Gasteiger charge is -2.26. The molecule has 2 aliphatic rings. The van der Waals surface area contributed by atoms with Crippen molar-refractivity contribution < 1.29 is 19.1 Å². The summed E-state index contributed by atoms with van der Waals surface area (Å²) in [6, 6.07) is 7.16. The monoisotopic (exact) mass is 302 g/mol. The molecule has 0 radical (unpaired) electrons. The molecule has 116 valence electrons. The van der Waals surface area contributed by atoms with Crippen molar-refractivity contribution in [3.05, 3.63) is 36.4 Å². The number of para-hydroxylation sites is 2. The van der Waals surface area contributed by atoms with Gasteiger partial charge in [-0.3, -0.25) is 20.4 Å². The summed E-state index contributed by atoms with van der Waals surface area (Å²) in [4.78, 5) is 24.0. The molecule has 2 N–H and O–H groups in total. The van der Waals surface area contributed by atoms with Crippen LogP contribution < -0.4 is 20.3 Å². The van der Waals surface area contributed by atoms with E-state index in [9.17, 15) is 9.59 Å². The highest BCUT2D eigenvalue weighted by Crippen LogP contribution is 2.30. The van der Waals surface area contributed by atoms with Crippen LogP contribution in [0.2, 0.25) is 0 Å². The topological polar surface area (TPSA) is 76.7 Å². The van der Waals surface area contributed by atoms with Crippen molar-refractivity contribution >= 4 is 11.8 Å². The van der Waals surface area contributed by atoms with Crippen LogP contribution in [0.25, 0.3) is 0 Å². The molecule has 0 bridgehead atoms. The predicted octanol–water partition coefficient (Wildman–Crippen LogP) is 1.33. The fourth-order valence-corrected chi connectivity index (χ4v) is 2.49. The molecule has 22 heavy (non-hydrogen) atoms. The van der Waals surface area contributed by atoms with Crippen LogP contribution in [0.1, 0.15) is 19.3 Å². The van der Waals surface area contributed by atoms with Crippen molar-refractivity contribution in [2.45, 2.75) is 25.4 Å². The molecule has 0 aromatic heterocycles. The van der Waals surface area contributed by atoms with Gasteiger partial charge in [-0.2, -0.15) is 0 Å². The number of hydrazine groups is 1. The van der Waals surface area contributed by atoms with Gasteiger partial charge < -0.3 is 9.47 Å². The molecule has 6 heteroatoms. The van der Waals surface area contributed by atoms with Gasteiger partial charge in [0.2, 0.25) is 12.0 Å². The minimum Gasteiger partial charge on any atom is -0.485 e. The van der Waals surface area contributed by atoms with E-state index < -0.39 is 12.0 Å². The second-order valence-electron chi connectivity index (χ2n) is 5.32. The summed E-state index contributed by atoms with van der Waals surface area (Å²) in [5.41, 5.74) is 4.88. The van der Waals surface area contributed by atoms with Crippen molar-refractivity contribution in [3.8, 4) is 11.5 Å². The molecule has 0 saturated carbocycles. The number of carbonyl (C=O) groups excluding carboxylic acids is 2. The van der Waals surface area contributed by atoms with Crippen LogP contribution in [-0.2, 0) is 9.59 Å². The van der Waals surface area contributed by atoms with Crippen LogP contribution in [-0.4, -0.2) is 24.5 Å². The number of nitrogens with one attached hydrogen (secondary N) is 2. The highest BCUT2D eigenvalue weighted by Gasteiger charge is 2.28. The Balaban J connectivity index is 1.50. The summed E-state index contributed by atoms with van der Waals surface area (Å²) in [7, 11) is 0. The number of hydrogen-bond acceptors (Lipinski definition) is 4. The largest absolute Gasteiger partial charge is 0.485 e. The van der Waals surface area contributed by atoms with Gasteiger partial charge in [0.25, 0.3) is 5.91 Å². The Morgan fingerprint density at radius 1 is 1.05 bits per heavy atom. The molecule has 2 atom stereocenters. The third kappa shape index (κ3) is 3.21. The quantitative estimate of drug-likeness (QED) is 0.638. The lowest BCUT2D eigenvalue weighted by atomic mass is 9.94. The normalized spacial score (nSPS) is 22.7. The lowest BCUT2D eigenvalue weighted by molar-refractivity contribution is -0.136. The second-order valence-corrected chi connectivity index (χ2v) is 5.32. The molecule has 2 amide bonds. The number of rotatable bonds is 2. The minimum absolute atomic E-state index is 0.0884. The van der Waals surface area contributed by atoms with Gasteiger partial charge in [-0.25, -0.2) is 0 Å². The van der Waals surface area contributed by atoms with E-state index in [1.807, 2.05) is 12.1 Å². The summed E-state index contributed by atoms with van der Waals surface area (Å²) >= 11 is 0. The van der Waals surface area contributed by atoms with Crippen LogP contribution >= 0.6 is 0 Å². The van der Waals surface area contributed by atoms with E-state index in [2.05, 4.69) is 16.9 Å². The first-order valence-electron chi connectivity index (χ1n) is 7.37. The first kappa shape index (κ1) is 14.4. The van der Waals surface area contributed by atoms with Crippen LogP contribution in [0.4, 0.5) is 0 Å². The lowest BCUT2D eigenvalue weighted by Crippen LogP contribution is -2.52. The maximum absolute atomic E-state index is 12.1. The molecule has 0 fully saturated rings. The number of hydrogen-bond donors (Lipinski definition) is 2. The van der Waals surface area contributed by atoms with E-state index in [1.54, 1.807) is 18.2 Å². The Morgan fingerprint density at radius 3 is 2.59 bits per heavy atom. The van der Waals surface area contributed by atoms with Crippen molar-refractivity contribution in [3.63, 3.8) is 0 Å². The van der Waals surface area contributed by atoms with Crippen molar-refractivity contribution in [1.29, 1.82) is 0 Å². The van der Waals surface area contributed by atoms with E-state index in [0.717, 1.165) is 12.8 Å². The Labute approximate surface area is 128 Å². The number of amides is 2. The Bertz CT molecular complexity index is 600. The molecule has 0 spiro atoms. The van der Waals surface area contributed by atoms with Gasteiger partial charge in [-0.1, -0.05) is 24.3 Å². The first-order chi connectivity index (χ1) is 10.7. The maximum Gasteiger partial charge on any atom is 0.283 e. The maximum atomic E-state index is 12.1. The van der Waals surface area contributed by atoms with Crippen LogP contribution in [0, 0.1) is 5.92 Å². The zero-order chi connectivity index (χ0) is 15.4. The summed E-state index contributed by atoms with van der Waals surface area (Å²) < 4.78 is 11.0. The van der Waals surface area contributed by atoms with Crippen molar-refractivity contribution in [2.75, 3.05) is 6.61 Å². The average molecular weight is 302 g/mol. The van der Waals surface area contributed by atoms with Crippen molar-refractivity contribution in [1.82, 2.24) is 10.9 Å². The van der Waals surface area contributed by atoms with E-state index in [-0.39, 0.29) is 18.4 Å². The van der Waals surface area contributed by atoms with E-state index in [1.165, 1.54) is 0 Å². The molecule has 1 aromatic rings. The molecule has 1 aromatic carbocycles. The Hall–Kier alpha value is -2.50. The summed E-state index contributed by atoms with van der Waals surface area (Å²) in [5, 5.41) is 0. The van der Waals surface area contributed by atoms with Gasteiger partial charge in [-0.15, -0.1) is 0 Å². The molecule has 0 saturated heterocycles. The molecule has 1 aliphatic heterocycles. The predicted molar refractivity (Wildman–Crippen MR) is 79.1 cm³/mol. The zero-order valence-corrected chi connectivity index (χ0v) is 12.1. The van der Waals surface area contributed by atoms with Gasteiger partial charge in [0.05, 0.1) is 0 Å². The van der Waals surface area contributed by atoms with Crippen molar-refractivity contribution in [2.24, 2.45) is 5.92 Å². The molecule has 6 nitrogen and oxygen atoms in total. The highest BCUT2D eigenvalue weighted by atomic mass is 16.6. The second kappa shape index (κ2) is 6.51. The third-order valence-corrected chi connectivity index (χ3v) is 3.75. The molecular formula is C16H18N2O4. The van der Waals surface area contributed by atoms with Crippen LogP contribution in [0.15, 0.2) is 36.4 Å². The number of allylic oxidation sites excluding steroid dienone is 2. The molecule has 1 aliphatic carbocycles. The number of ether oxygens (including phenoxy) is 2. The van der Waals surface area contributed by atoms with E-state index in [0.29, 0.717) is 17.9 Å². The minimum atomic E-state index is -0.776. The fourth-order valence-electron chi connectivity index (χ4n) is 2.49. The van der Waals surface area contributed by atoms with Gasteiger partial charge in [0, 0.05) is 5.92 Å². The SMILES string of the molecule is O=C(NNC(=O)[C@H]1COc2ccccc2O1)[C@H]1CC=CCC1. The van der Waals surface area contributed by atoms with Crippen LogP contribution in [0.3, 0.4) is 0 Å². The standard InChI is InChI=1S/C16H18N2O4/c19-15(11-6-2-1-3-7-11)17-18-16(20)14-10-21-12-8-4-5-9-13(12)22-14/h1-2,4-5,8-9,11,14H,3,6-7,10H2,(H,17,19)(H,18,20)/t11-,14+/m0/s1. The van der Waals surface area contributed by atoms with Gasteiger partial charge in [-0.05, 0) is 31.4 Å². The van der Waals surface area contributed by atoms with E-state index in [4.69, 9.17) is 9.47 Å². The van der Waals surface area contributed by atoms with Gasteiger partial charge in [0.15, 0.2) is 11.5 Å². The molecule has 1 heterocycles. The zero-order valence-electron chi connectivity index (χ0n) is 12.1. The Morgan fingerprint density at radius 2 is 1.82 bits per heavy atom. The molecule has 3 rings (SSSR count). The molecular weight excluding hydrogens is 284 g/mol. The number of fused-ring (bicyclic) bond motifs is 1. The average Bonchev–Trinajstić information content (AvgIpc) is 2.59. The number of carbonyl (C=O) groups is 2. The molecule has 0 unspecified atom stereocenters. The third-order valence-electron chi connectivity index (χ3n) is 3.75. The fraction of sp³-hybridized carbons (Fsp3) is 0.375. The van der Waals surface area contributed by atoms with Crippen LogP contribution in [0.5, 0.6) is 11.5 Å². The van der Waals surface area contributed by atoms with Gasteiger partial charge >= 0.3 is 0 Å². The summed E-state index contributed by atoms with van der Waals surface area (Å²) in [6.07, 6.45) is 5.67.